The molecule has 1 aromatic carbocycles. The maximum Gasteiger partial charge on any atom is 0.228 e. The van der Waals surface area contributed by atoms with Crippen LogP contribution in [0.25, 0.3) is 0 Å². The van der Waals surface area contributed by atoms with Crippen LogP contribution >= 0.6 is 27.7 Å². The van der Waals surface area contributed by atoms with Crippen LogP contribution in [0.2, 0.25) is 0 Å². The number of halogens is 1. The van der Waals surface area contributed by atoms with Gasteiger partial charge in [-0.1, -0.05) is 17.3 Å². The molecule has 0 unspecified atom stereocenters. The van der Waals surface area contributed by atoms with Crippen molar-refractivity contribution in [3.63, 3.8) is 0 Å². The van der Waals surface area contributed by atoms with Gasteiger partial charge in [0.25, 0.3) is 0 Å². The number of hydrogen-bond donors (Lipinski definition) is 1. The van der Waals surface area contributed by atoms with E-state index in [2.05, 4.69) is 32.1 Å². The van der Waals surface area contributed by atoms with Gasteiger partial charge in [0.05, 0.1) is 5.75 Å². The van der Waals surface area contributed by atoms with Gasteiger partial charge < -0.3 is 10.3 Å². The van der Waals surface area contributed by atoms with Crippen molar-refractivity contribution in [3.05, 3.63) is 40.5 Å². The number of nitrogens with zero attached hydrogens (tertiary/aromatic N) is 2. The standard InChI is InChI=1S/C14H16BrN3OS/c15-10-4-1-2-5-11(10)20-9-12-17-13(19-18-12)8-14(16)6-3-7-14/h1-2,4-5H,3,6-9,16H2. The maximum atomic E-state index is 6.19. The first-order valence-corrected chi connectivity index (χ1v) is 8.40. The third-order valence-electron chi connectivity index (χ3n) is 3.56. The molecule has 1 fully saturated rings. The Hall–Kier alpha value is -0.850. The lowest BCUT2D eigenvalue weighted by Gasteiger charge is -2.36. The minimum absolute atomic E-state index is 0.112. The van der Waals surface area contributed by atoms with E-state index in [1.807, 2.05) is 18.2 Å². The number of thioether (sulfide) groups is 1. The van der Waals surface area contributed by atoms with E-state index < -0.39 is 0 Å². The highest BCUT2D eigenvalue weighted by atomic mass is 79.9. The third kappa shape index (κ3) is 3.24. The summed E-state index contributed by atoms with van der Waals surface area (Å²) in [5, 5.41) is 4.03. The van der Waals surface area contributed by atoms with E-state index in [-0.39, 0.29) is 5.54 Å². The molecule has 6 heteroatoms. The highest BCUT2D eigenvalue weighted by Crippen LogP contribution is 2.32. The molecule has 0 amide bonds. The smallest absolute Gasteiger partial charge is 0.228 e. The summed E-state index contributed by atoms with van der Waals surface area (Å²) < 4.78 is 6.38. The van der Waals surface area contributed by atoms with Gasteiger partial charge in [-0.05, 0) is 47.3 Å². The van der Waals surface area contributed by atoms with Gasteiger partial charge in [-0.25, -0.2) is 0 Å². The second-order valence-electron chi connectivity index (χ2n) is 5.22. The van der Waals surface area contributed by atoms with Crippen LogP contribution in [0.4, 0.5) is 0 Å². The number of benzene rings is 1. The normalized spacial score (nSPS) is 16.9. The molecular formula is C14H16BrN3OS. The van der Waals surface area contributed by atoms with E-state index in [1.165, 1.54) is 11.3 Å². The molecule has 1 aliphatic carbocycles. The van der Waals surface area contributed by atoms with Gasteiger partial charge >= 0.3 is 0 Å². The molecule has 0 spiro atoms. The molecule has 106 valence electrons. The fourth-order valence-corrected chi connectivity index (χ4v) is 3.64. The Balaban J connectivity index is 1.59. The van der Waals surface area contributed by atoms with Gasteiger partial charge in [0.1, 0.15) is 0 Å². The van der Waals surface area contributed by atoms with Crippen LogP contribution in [0.5, 0.6) is 0 Å². The van der Waals surface area contributed by atoms with Crippen molar-refractivity contribution in [2.24, 2.45) is 5.73 Å². The van der Waals surface area contributed by atoms with Crippen LogP contribution in [-0.2, 0) is 12.2 Å². The average Bonchev–Trinajstić information content (AvgIpc) is 2.83. The molecular weight excluding hydrogens is 338 g/mol. The lowest BCUT2D eigenvalue weighted by Crippen LogP contribution is -2.48. The van der Waals surface area contributed by atoms with Gasteiger partial charge in [0.2, 0.25) is 5.89 Å². The fraction of sp³-hybridized carbons (Fsp3) is 0.429. The molecule has 20 heavy (non-hydrogen) atoms. The van der Waals surface area contributed by atoms with Gasteiger partial charge in [0, 0.05) is 21.3 Å². The van der Waals surface area contributed by atoms with Gasteiger partial charge in [-0.15, -0.1) is 11.8 Å². The number of rotatable bonds is 5. The van der Waals surface area contributed by atoms with E-state index in [0.717, 1.165) is 23.1 Å². The summed E-state index contributed by atoms with van der Waals surface area (Å²) in [4.78, 5) is 5.60. The minimum atomic E-state index is -0.112. The molecule has 1 heterocycles. The van der Waals surface area contributed by atoms with Crippen LogP contribution < -0.4 is 5.73 Å². The third-order valence-corrected chi connectivity index (χ3v) is 5.58. The van der Waals surface area contributed by atoms with Crippen molar-refractivity contribution < 1.29 is 4.52 Å². The predicted octanol–water partition coefficient (Wildman–Crippen LogP) is 3.55. The van der Waals surface area contributed by atoms with Crippen LogP contribution in [0, 0.1) is 0 Å². The first-order chi connectivity index (χ1) is 9.65. The van der Waals surface area contributed by atoms with E-state index in [0.29, 0.717) is 18.1 Å². The van der Waals surface area contributed by atoms with E-state index in [9.17, 15) is 0 Å². The molecule has 1 aromatic heterocycles. The summed E-state index contributed by atoms with van der Waals surface area (Å²) in [6.07, 6.45) is 4.00. The molecule has 0 aliphatic heterocycles. The molecule has 0 atom stereocenters. The van der Waals surface area contributed by atoms with Gasteiger partial charge in [-0.3, -0.25) is 0 Å². The lowest BCUT2D eigenvalue weighted by molar-refractivity contribution is 0.221. The van der Waals surface area contributed by atoms with Crippen LogP contribution in [0.15, 0.2) is 38.2 Å². The molecule has 0 bridgehead atoms. The molecule has 0 radical (unpaired) electrons. The Morgan fingerprint density at radius 2 is 2.15 bits per heavy atom. The summed E-state index contributed by atoms with van der Waals surface area (Å²) in [6.45, 7) is 0. The highest BCUT2D eigenvalue weighted by molar-refractivity contribution is 9.10. The summed E-state index contributed by atoms with van der Waals surface area (Å²) in [7, 11) is 0. The Morgan fingerprint density at radius 1 is 1.35 bits per heavy atom. The van der Waals surface area contributed by atoms with Crippen molar-refractivity contribution in [1.82, 2.24) is 10.1 Å². The molecule has 1 aliphatic rings. The molecule has 0 saturated heterocycles. The fourth-order valence-electron chi connectivity index (χ4n) is 2.23. The molecule has 3 rings (SSSR count). The largest absolute Gasteiger partial charge is 0.339 e. The zero-order chi connectivity index (χ0) is 14.0. The summed E-state index contributed by atoms with van der Waals surface area (Å²) in [6, 6.07) is 8.11. The minimum Gasteiger partial charge on any atom is -0.339 e. The number of hydrogen-bond acceptors (Lipinski definition) is 5. The Morgan fingerprint density at radius 3 is 2.85 bits per heavy atom. The molecule has 2 aromatic rings. The Kier molecular flexibility index (Phi) is 4.14. The number of nitrogens with two attached hydrogens (primary N) is 1. The van der Waals surface area contributed by atoms with Gasteiger partial charge in [-0.2, -0.15) is 4.98 Å². The average molecular weight is 354 g/mol. The van der Waals surface area contributed by atoms with Crippen LogP contribution in [0.1, 0.15) is 31.0 Å². The van der Waals surface area contributed by atoms with E-state index >= 15 is 0 Å². The Bertz CT molecular complexity index is 598. The summed E-state index contributed by atoms with van der Waals surface area (Å²) in [5.74, 6) is 2.09. The second-order valence-corrected chi connectivity index (χ2v) is 7.09. The second kappa shape index (κ2) is 5.87. The number of aromatic nitrogens is 2. The Labute approximate surface area is 130 Å². The van der Waals surface area contributed by atoms with Gasteiger partial charge in [0.15, 0.2) is 5.82 Å². The van der Waals surface area contributed by atoms with Crippen LogP contribution in [0.3, 0.4) is 0 Å². The highest BCUT2D eigenvalue weighted by Gasteiger charge is 2.34. The van der Waals surface area contributed by atoms with Crippen molar-refractivity contribution >= 4 is 27.7 Å². The van der Waals surface area contributed by atoms with E-state index in [1.54, 1.807) is 11.8 Å². The first-order valence-electron chi connectivity index (χ1n) is 6.62. The molecule has 4 nitrogen and oxygen atoms in total. The van der Waals surface area contributed by atoms with Crippen molar-refractivity contribution in [2.75, 3.05) is 0 Å². The quantitative estimate of drug-likeness (QED) is 0.832. The monoisotopic (exact) mass is 353 g/mol. The SMILES string of the molecule is NC1(Cc2nc(CSc3ccccc3Br)no2)CCC1. The zero-order valence-corrected chi connectivity index (χ0v) is 13.4. The zero-order valence-electron chi connectivity index (χ0n) is 11.0. The maximum absolute atomic E-state index is 6.19. The molecule has 1 saturated carbocycles. The van der Waals surface area contributed by atoms with Crippen molar-refractivity contribution in [1.29, 1.82) is 0 Å². The first kappa shape index (κ1) is 14.1. The van der Waals surface area contributed by atoms with Crippen molar-refractivity contribution in [3.8, 4) is 0 Å². The van der Waals surface area contributed by atoms with Crippen LogP contribution in [-0.4, -0.2) is 15.7 Å². The summed E-state index contributed by atoms with van der Waals surface area (Å²) in [5.41, 5.74) is 6.08. The predicted molar refractivity (Wildman–Crippen MR) is 82.5 cm³/mol. The summed E-state index contributed by atoms with van der Waals surface area (Å²) >= 11 is 5.22. The molecule has 2 N–H and O–H groups in total. The topological polar surface area (TPSA) is 64.9 Å². The van der Waals surface area contributed by atoms with E-state index in [4.69, 9.17) is 10.3 Å². The lowest BCUT2D eigenvalue weighted by atomic mass is 9.75. The van der Waals surface area contributed by atoms with Crippen molar-refractivity contribution in [2.45, 2.75) is 41.9 Å².